The highest BCUT2D eigenvalue weighted by atomic mass is 16.5. The number of aldehydes is 1. The van der Waals surface area contributed by atoms with Crippen LogP contribution in [0.2, 0.25) is 0 Å². The van der Waals surface area contributed by atoms with Crippen LogP contribution in [0.3, 0.4) is 0 Å². The third kappa shape index (κ3) is 12.6. The van der Waals surface area contributed by atoms with Crippen LogP contribution >= 0.6 is 0 Å². The first-order valence-electron chi connectivity index (χ1n) is 9.87. The Kier molecular flexibility index (Phi) is 18.4. The number of carbonyl (C=O) groups is 1. The van der Waals surface area contributed by atoms with Crippen molar-refractivity contribution in [1.82, 2.24) is 0 Å². The molecule has 0 aliphatic carbocycles. The quantitative estimate of drug-likeness (QED) is 0.402. The zero-order chi connectivity index (χ0) is 21.1. The molecule has 2 rings (SSSR count). The molecule has 0 unspecified atom stereocenters. The van der Waals surface area contributed by atoms with Crippen LogP contribution in [-0.4, -0.2) is 13.4 Å². The number of carbonyl (C=O) groups excluding carboxylic acids is 1. The first kappa shape index (κ1) is 26.9. The predicted molar refractivity (Wildman–Crippen MR) is 121 cm³/mol. The standard InChI is InChI=1S/C16H16O2.C5H10.2C2H6/c1-18-16-10-8-15(9-11-16)14-6-4-13(5-7-14)3-2-12-17;1-4-5(2)3;2*1-2/h4-12H,2-3H2,1H3;4H,1-3H3;2*1-2H3. The fraction of sp³-hybridized carbons (Fsp3) is 0.400. The summed E-state index contributed by atoms with van der Waals surface area (Å²) in [5, 5.41) is 0. The number of benzene rings is 2. The third-order valence-corrected chi connectivity index (χ3v) is 3.51. The van der Waals surface area contributed by atoms with Crippen molar-refractivity contribution in [1.29, 1.82) is 0 Å². The molecule has 2 aromatic carbocycles. The maximum Gasteiger partial charge on any atom is 0.120 e. The number of ether oxygens (including phenoxy) is 1. The van der Waals surface area contributed by atoms with Crippen LogP contribution < -0.4 is 4.74 Å². The molecule has 0 aliphatic rings. The normalized spacial score (nSPS) is 8.44. The van der Waals surface area contributed by atoms with Crippen molar-refractivity contribution in [2.75, 3.05) is 7.11 Å². The Balaban J connectivity index is 0. The van der Waals surface area contributed by atoms with Crippen molar-refractivity contribution in [2.24, 2.45) is 0 Å². The fourth-order valence-corrected chi connectivity index (χ4v) is 1.87. The minimum absolute atomic E-state index is 0.585. The summed E-state index contributed by atoms with van der Waals surface area (Å²) in [7, 11) is 1.66. The minimum Gasteiger partial charge on any atom is -0.497 e. The van der Waals surface area contributed by atoms with E-state index in [2.05, 4.69) is 44.2 Å². The molecule has 2 heteroatoms. The van der Waals surface area contributed by atoms with Gasteiger partial charge in [-0.3, -0.25) is 0 Å². The molecule has 0 saturated heterocycles. The number of hydrogen-bond acceptors (Lipinski definition) is 2. The smallest absolute Gasteiger partial charge is 0.120 e. The van der Waals surface area contributed by atoms with E-state index in [1.54, 1.807) is 7.11 Å². The van der Waals surface area contributed by atoms with E-state index in [1.807, 2.05) is 58.9 Å². The topological polar surface area (TPSA) is 26.3 Å². The van der Waals surface area contributed by atoms with Crippen LogP contribution in [0.1, 0.15) is 60.5 Å². The van der Waals surface area contributed by atoms with Gasteiger partial charge in [0, 0.05) is 6.42 Å². The van der Waals surface area contributed by atoms with Gasteiger partial charge < -0.3 is 9.53 Å². The molecule has 0 spiro atoms. The van der Waals surface area contributed by atoms with Crippen LogP contribution in [0.5, 0.6) is 5.75 Å². The van der Waals surface area contributed by atoms with Crippen LogP contribution in [0.25, 0.3) is 11.1 Å². The van der Waals surface area contributed by atoms with Crippen molar-refractivity contribution >= 4 is 6.29 Å². The van der Waals surface area contributed by atoms with Crippen LogP contribution in [0, 0.1) is 0 Å². The van der Waals surface area contributed by atoms with Crippen LogP contribution in [0.15, 0.2) is 60.2 Å². The first-order chi connectivity index (χ1) is 13.1. The molecule has 0 radical (unpaired) electrons. The van der Waals surface area contributed by atoms with Gasteiger partial charge in [-0.05, 0) is 56.0 Å². The van der Waals surface area contributed by atoms with E-state index in [9.17, 15) is 4.79 Å². The van der Waals surface area contributed by atoms with E-state index >= 15 is 0 Å². The summed E-state index contributed by atoms with van der Waals surface area (Å²) in [5.41, 5.74) is 4.91. The van der Waals surface area contributed by atoms with Gasteiger partial charge in [0.25, 0.3) is 0 Å². The molecule has 0 aliphatic heterocycles. The maximum atomic E-state index is 10.3. The van der Waals surface area contributed by atoms with Crippen molar-refractivity contribution < 1.29 is 9.53 Å². The number of allylic oxidation sites excluding steroid dienone is 2. The van der Waals surface area contributed by atoms with E-state index in [1.165, 1.54) is 16.7 Å². The van der Waals surface area contributed by atoms with Crippen molar-refractivity contribution in [2.45, 2.75) is 61.3 Å². The molecule has 150 valence electrons. The van der Waals surface area contributed by atoms with Gasteiger partial charge in [-0.25, -0.2) is 0 Å². The van der Waals surface area contributed by atoms with Crippen molar-refractivity contribution in [3.05, 3.63) is 65.7 Å². The van der Waals surface area contributed by atoms with E-state index in [0.29, 0.717) is 6.42 Å². The summed E-state index contributed by atoms with van der Waals surface area (Å²) >= 11 is 0. The SMILES string of the molecule is CC.CC.CC=C(C)C.COc1ccc(-c2ccc(CCC=O)cc2)cc1. The second kappa shape index (κ2) is 18.4. The highest BCUT2D eigenvalue weighted by Crippen LogP contribution is 2.22. The molecule has 2 aromatic rings. The van der Waals surface area contributed by atoms with Gasteiger partial charge in [0.2, 0.25) is 0 Å². The Labute approximate surface area is 167 Å². The van der Waals surface area contributed by atoms with Gasteiger partial charge in [-0.15, -0.1) is 0 Å². The number of aryl methyl sites for hydroxylation is 1. The van der Waals surface area contributed by atoms with Crippen molar-refractivity contribution in [3.63, 3.8) is 0 Å². The lowest BCUT2D eigenvalue weighted by molar-refractivity contribution is -0.107. The highest BCUT2D eigenvalue weighted by Gasteiger charge is 1.99. The first-order valence-corrected chi connectivity index (χ1v) is 9.87. The molecule has 0 N–H and O–H groups in total. The van der Waals surface area contributed by atoms with Gasteiger partial charge in [-0.1, -0.05) is 75.7 Å². The molecule has 2 nitrogen and oxygen atoms in total. The largest absolute Gasteiger partial charge is 0.497 e. The summed E-state index contributed by atoms with van der Waals surface area (Å²) in [6.45, 7) is 14.2. The van der Waals surface area contributed by atoms with E-state index < -0.39 is 0 Å². The summed E-state index contributed by atoms with van der Waals surface area (Å²) in [5.74, 6) is 0.862. The third-order valence-electron chi connectivity index (χ3n) is 3.51. The minimum atomic E-state index is 0.585. The number of rotatable bonds is 5. The van der Waals surface area contributed by atoms with Gasteiger partial charge >= 0.3 is 0 Å². The molecule has 27 heavy (non-hydrogen) atoms. The summed E-state index contributed by atoms with van der Waals surface area (Å²) in [6.07, 6.45) is 4.44. The Morgan fingerprint density at radius 2 is 1.26 bits per heavy atom. The molecule has 0 aromatic heterocycles. The molecule has 0 saturated carbocycles. The van der Waals surface area contributed by atoms with Crippen LogP contribution in [0.4, 0.5) is 0 Å². The zero-order valence-corrected chi connectivity index (χ0v) is 18.5. The molecular weight excluding hydrogens is 332 g/mol. The maximum absolute atomic E-state index is 10.3. The average molecular weight is 371 g/mol. The van der Waals surface area contributed by atoms with Gasteiger partial charge in [-0.2, -0.15) is 0 Å². The Morgan fingerprint density at radius 3 is 1.59 bits per heavy atom. The fourth-order valence-electron chi connectivity index (χ4n) is 1.87. The predicted octanol–water partition coefficient (Wildman–Crippen LogP) is 7.52. The monoisotopic (exact) mass is 370 g/mol. The second-order valence-electron chi connectivity index (χ2n) is 5.50. The van der Waals surface area contributed by atoms with Crippen LogP contribution in [-0.2, 0) is 11.2 Å². The Hall–Kier alpha value is -2.35. The van der Waals surface area contributed by atoms with Gasteiger partial charge in [0.1, 0.15) is 12.0 Å². The molecule has 0 amide bonds. The van der Waals surface area contributed by atoms with Gasteiger partial charge in [0.15, 0.2) is 0 Å². The molecular formula is C25H38O2. The summed E-state index contributed by atoms with van der Waals surface area (Å²) < 4.78 is 5.14. The number of hydrogen-bond donors (Lipinski definition) is 0. The molecule has 0 fully saturated rings. The lowest BCUT2D eigenvalue weighted by atomic mass is 10.0. The van der Waals surface area contributed by atoms with Gasteiger partial charge in [0.05, 0.1) is 7.11 Å². The molecule has 0 heterocycles. The lowest BCUT2D eigenvalue weighted by Crippen LogP contribution is -1.86. The van der Waals surface area contributed by atoms with E-state index in [-0.39, 0.29) is 0 Å². The lowest BCUT2D eigenvalue weighted by Gasteiger charge is -2.05. The summed E-state index contributed by atoms with van der Waals surface area (Å²) in [4.78, 5) is 10.3. The zero-order valence-electron chi connectivity index (χ0n) is 18.5. The molecule has 0 atom stereocenters. The van der Waals surface area contributed by atoms with Crippen molar-refractivity contribution in [3.8, 4) is 16.9 Å². The Bertz CT molecular complexity index is 604. The van der Waals surface area contributed by atoms with E-state index in [0.717, 1.165) is 24.0 Å². The Morgan fingerprint density at radius 1 is 0.852 bits per heavy atom. The highest BCUT2D eigenvalue weighted by molar-refractivity contribution is 5.64. The second-order valence-corrected chi connectivity index (χ2v) is 5.50. The van der Waals surface area contributed by atoms with E-state index in [4.69, 9.17) is 4.74 Å². The summed E-state index contributed by atoms with van der Waals surface area (Å²) in [6, 6.07) is 16.3. The molecule has 0 bridgehead atoms. The number of methoxy groups -OCH3 is 1. The average Bonchev–Trinajstić information content (AvgIpc) is 2.76.